The summed E-state index contributed by atoms with van der Waals surface area (Å²) in [5.41, 5.74) is 2.01. The van der Waals surface area contributed by atoms with E-state index in [1.165, 1.54) is 17.8 Å². The summed E-state index contributed by atoms with van der Waals surface area (Å²) in [6, 6.07) is 12.9. The average Bonchev–Trinajstić information content (AvgIpc) is 3.04. The van der Waals surface area contributed by atoms with Gasteiger partial charge >= 0.3 is 0 Å². The van der Waals surface area contributed by atoms with Gasteiger partial charge in [-0.25, -0.2) is 18.2 Å². The Hall–Kier alpha value is -3.35. The number of nitrogens with zero attached hydrogens (tertiary/aromatic N) is 2. The molecule has 3 aromatic rings. The number of hydrogen-bond donors (Lipinski definition) is 1. The van der Waals surface area contributed by atoms with Crippen LogP contribution in [0, 0.1) is 17.5 Å². The second-order valence-electron chi connectivity index (χ2n) is 6.63. The lowest BCUT2D eigenvalue weighted by Gasteiger charge is -2.24. The van der Waals surface area contributed by atoms with E-state index in [0.717, 1.165) is 24.2 Å². The van der Waals surface area contributed by atoms with E-state index in [-0.39, 0.29) is 11.6 Å². The predicted octanol–water partition coefficient (Wildman–Crippen LogP) is 4.83. The maximum atomic E-state index is 13.8. The third kappa shape index (κ3) is 3.09. The van der Waals surface area contributed by atoms with Crippen molar-refractivity contribution in [3.63, 3.8) is 0 Å². The molecule has 0 radical (unpaired) electrons. The Morgan fingerprint density at radius 1 is 1.11 bits per heavy atom. The number of hydrogen-bond acceptors (Lipinski definition) is 3. The van der Waals surface area contributed by atoms with Gasteiger partial charge in [-0.15, -0.1) is 0 Å². The lowest BCUT2D eigenvalue weighted by atomic mass is 10.1. The van der Waals surface area contributed by atoms with E-state index in [0.29, 0.717) is 5.82 Å². The normalized spacial score (nSPS) is 15.4. The standard InChI is InChI=1S/C21H16F3N3O/c1-12-10-13-4-2-3-5-17(13)27(12)18-11-14(8-9-25-18)21(28)26-16-7-6-15(22)19(23)20(16)24/h2-9,11-12H,10H2,1H3,(H,26,28). The summed E-state index contributed by atoms with van der Waals surface area (Å²) in [7, 11) is 0. The van der Waals surface area contributed by atoms with Crippen molar-refractivity contribution in [2.24, 2.45) is 0 Å². The van der Waals surface area contributed by atoms with Crippen molar-refractivity contribution in [1.29, 1.82) is 0 Å². The van der Waals surface area contributed by atoms with E-state index < -0.39 is 29.0 Å². The molecule has 2 aromatic carbocycles. The molecule has 0 fully saturated rings. The first-order valence-corrected chi connectivity index (χ1v) is 8.73. The van der Waals surface area contributed by atoms with Gasteiger partial charge in [0, 0.05) is 23.5 Å². The minimum atomic E-state index is -1.63. The average molecular weight is 383 g/mol. The van der Waals surface area contributed by atoms with Crippen LogP contribution in [0.3, 0.4) is 0 Å². The van der Waals surface area contributed by atoms with Gasteiger partial charge in [-0.05, 0) is 49.2 Å². The molecule has 1 amide bonds. The number of halogens is 3. The van der Waals surface area contributed by atoms with Crippen molar-refractivity contribution in [1.82, 2.24) is 4.98 Å². The number of pyridine rings is 1. The van der Waals surface area contributed by atoms with Crippen molar-refractivity contribution < 1.29 is 18.0 Å². The number of aromatic nitrogens is 1. The Kier molecular flexibility index (Phi) is 4.50. The Morgan fingerprint density at radius 2 is 1.89 bits per heavy atom. The zero-order chi connectivity index (χ0) is 19.8. The van der Waals surface area contributed by atoms with Crippen LogP contribution in [0.4, 0.5) is 30.4 Å². The number of fused-ring (bicyclic) bond motifs is 1. The Labute approximate surface area is 159 Å². The fourth-order valence-electron chi connectivity index (χ4n) is 3.42. The lowest BCUT2D eigenvalue weighted by molar-refractivity contribution is 0.102. The molecule has 4 nitrogen and oxygen atoms in total. The molecule has 0 saturated carbocycles. The van der Waals surface area contributed by atoms with Crippen molar-refractivity contribution in [2.75, 3.05) is 10.2 Å². The SMILES string of the molecule is CC1Cc2ccccc2N1c1cc(C(=O)Nc2ccc(F)c(F)c2F)ccn1. The van der Waals surface area contributed by atoms with E-state index in [2.05, 4.69) is 17.2 Å². The van der Waals surface area contributed by atoms with Gasteiger partial charge in [0.25, 0.3) is 5.91 Å². The summed E-state index contributed by atoms with van der Waals surface area (Å²) in [5, 5.41) is 2.28. The first-order chi connectivity index (χ1) is 13.5. The fourth-order valence-corrected chi connectivity index (χ4v) is 3.42. The van der Waals surface area contributed by atoms with E-state index in [9.17, 15) is 18.0 Å². The van der Waals surface area contributed by atoms with Crippen LogP contribution < -0.4 is 10.2 Å². The van der Waals surface area contributed by atoms with Gasteiger partial charge < -0.3 is 10.2 Å². The molecule has 0 bridgehead atoms. The highest BCUT2D eigenvalue weighted by atomic mass is 19.2. The van der Waals surface area contributed by atoms with E-state index in [1.807, 2.05) is 29.2 Å². The molecule has 1 unspecified atom stereocenters. The van der Waals surface area contributed by atoms with Crippen LogP contribution in [0.2, 0.25) is 0 Å². The van der Waals surface area contributed by atoms with Crippen molar-refractivity contribution in [3.05, 3.63) is 83.3 Å². The number of benzene rings is 2. The molecule has 7 heteroatoms. The van der Waals surface area contributed by atoms with Crippen LogP contribution in [-0.2, 0) is 6.42 Å². The van der Waals surface area contributed by atoms with Crippen LogP contribution in [-0.4, -0.2) is 16.9 Å². The highest BCUT2D eigenvalue weighted by molar-refractivity contribution is 6.04. The molecule has 28 heavy (non-hydrogen) atoms. The first kappa shape index (κ1) is 18.0. The van der Waals surface area contributed by atoms with Crippen molar-refractivity contribution in [2.45, 2.75) is 19.4 Å². The van der Waals surface area contributed by atoms with Gasteiger partial charge in [0.2, 0.25) is 0 Å². The minimum Gasteiger partial charge on any atom is -0.323 e. The van der Waals surface area contributed by atoms with Gasteiger partial charge in [0.05, 0.1) is 5.69 Å². The third-order valence-corrected chi connectivity index (χ3v) is 4.75. The van der Waals surface area contributed by atoms with Crippen molar-refractivity contribution >= 4 is 23.1 Å². The number of rotatable bonds is 3. The van der Waals surface area contributed by atoms with Crippen LogP contribution in [0.25, 0.3) is 0 Å². The highest BCUT2D eigenvalue weighted by Crippen LogP contribution is 2.37. The summed E-state index contributed by atoms with van der Waals surface area (Å²) >= 11 is 0. The van der Waals surface area contributed by atoms with Crippen LogP contribution in [0.5, 0.6) is 0 Å². The molecule has 1 aliphatic rings. The number of anilines is 3. The quantitative estimate of drug-likeness (QED) is 0.659. The molecule has 0 spiro atoms. The topological polar surface area (TPSA) is 45.2 Å². The molecular formula is C21H16F3N3O. The van der Waals surface area contributed by atoms with Crippen molar-refractivity contribution in [3.8, 4) is 0 Å². The minimum absolute atomic E-state index is 0.159. The van der Waals surface area contributed by atoms with Gasteiger partial charge in [0.1, 0.15) is 5.82 Å². The first-order valence-electron chi connectivity index (χ1n) is 8.73. The predicted molar refractivity (Wildman–Crippen MR) is 100 cm³/mol. The Morgan fingerprint density at radius 3 is 2.71 bits per heavy atom. The van der Waals surface area contributed by atoms with Crippen LogP contribution in [0.1, 0.15) is 22.8 Å². The monoisotopic (exact) mass is 383 g/mol. The summed E-state index contributed by atoms with van der Waals surface area (Å²) in [6.45, 7) is 2.06. The summed E-state index contributed by atoms with van der Waals surface area (Å²) < 4.78 is 40.3. The Bertz CT molecular complexity index is 1070. The third-order valence-electron chi connectivity index (χ3n) is 4.75. The smallest absolute Gasteiger partial charge is 0.255 e. The number of carbonyl (C=O) groups is 1. The fraction of sp³-hybridized carbons (Fsp3) is 0.143. The molecule has 1 aromatic heterocycles. The van der Waals surface area contributed by atoms with E-state index >= 15 is 0 Å². The molecule has 2 heterocycles. The largest absolute Gasteiger partial charge is 0.323 e. The molecule has 1 N–H and O–H groups in total. The Balaban J connectivity index is 1.63. The molecule has 1 atom stereocenters. The number of carbonyl (C=O) groups excluding carboxylic acids is 1. The van der Waals surface area contributed by atoms with E-state index in [4.69, 9.17) is 0 Å². The maximum absolute atomic E-state index is 13.8. The zero-order valence-corrected chi connectivity index (χ0v) is 14.9. The summed E-state index contributed by atoms with van der Waals surface area (Å²) in [6.07, 6.45) is 2.34. The van der Waals surface area contributed by atoms with Gasteiger partial charge in [0.15, 0.2) is 17.5 Å². The second-order valence-corrected chi connectivity index (χ2v) is 6.63. The molecular weight excluding hydrogens is 367 g/mol. The maximum Gasteiger partial charge on any atom is 0.255 e. The lowest BCUT2D eigenvalue weighted by Crippen LogP contribution is -2.25. The number of amides is 1. The van der Waals surface area contributed by atoms with E-state index in [1.54, 1.807) is 6.07 Å². The van der Waals surface area contributed by atoms with Gasteiger partial charge in [-0.1, -0.05) is 18.2 Å². The highest BCUT2D eigenvalue weighted by Gasteiger charge is 2.28. The van der Waals surface area contributed by atoms with Gasteiger partial charge in [-0.3, -0.25) is 4.79 Å². The number of para-hydroxylation sites is 1. The number of nitrogens with one attached hydrogen (secondary N) is 1. The molecule has 0 saturated heterocycles. The second kappa shape index (κ2) is 6.99. The molecule has 142 valence electrons. The molecule has 0 aliphatic carbocycles. The molecule has 1 aliphatic heterocycles. The van der Waals surface area contributed by atoms with Gasteiger partial charge in [-0.2, -0.15) is 0 Å². The van der Waals surface area contributed by atoms with Crippen LogP contribution >= 0.6 is 0 Å². The molecule has 4 rings (SSSR count). The summed E-state index contributed by atoms with van der Waals surface area (Å²) in [5.74, 6) is -4.45. The van der Waals surface area contributed by atoms with Crippen LogP contribution in [0.15, 0.2) is 54.7 Å². The summed E-state index contributed by atoms with van der Waals surface area (Å²) in [4.78, 5) is 18.9. The zero-order valence-electron chi connectivity index (χ0n) is 14.9.